The number of nitrogens with zero attached hydrogens (tertiary/aromatic N) is 3. The lowest BCUT2D eigenvalue weighted by Gasteiger charge is -1.97. The first-order chi connectivity index (χ1) is 11.8. The lowest BCUT2D eigenvalue weighted by molar-refractivity contribution is 0.368. The third-order valence-electron chi connectivity index (χ3n) is 4.62. The minimum Gasteiger partial charge on any atom is -0.339 e. The average molecular weight is 376 g/mol. The van der Waals surface area contributed by atoms with E-state index < -0.39 is 10.0 Å². The maximum atomic E-state index is 11.5. The number of sulfonamides is 1. The summed E-state index contributed by atoms with van der Waals surface area (Å²) < 4.78 is 28.5. The second-order valence-corrected chi connectivity index (χ2v) is 9.51. The van der Waals surface area contributed by atoms with Crippen LogP contribution < -0.4 is 5.14 Å². The molecular formula is C16H16N4O3S2. The van der Waals surface area contributed by atoms with E-state index >= 15 is 0 Å². The zero-order valence-corrected chi connectivity index (χ0v) is 15.2. The zero-order valence-electron chi connectivity index (χ0n) is 13.6. The van der Waals surface area contributed by atoms with Crippen molar-refractivity contribution in [1.29, 1.82) is 0 Å². The Labute approximate surface area is 149 Å². The Morgan fingerprint density at radius 3 is 2.56 bits per heavy atom. The number of rotatable bonds is 4. The minimum absolute atomic E-state index is 0.00283. The molecule has 0 unspecified atom stereocenters. The van der Waals surface area contributed by atoms with Gasteiger partial charge in [-0.05, 0) is 5.41 Å². The molecule has 1 aliphatic rings. The quantitative estimate of drug-likeness (QED) is 0.749. The van der Waals surface area contributed by atoms with Crippen LogP contribution in [0.2, 0.25) is 0 Å². The van der Waals surface area contributed by atoms with Gasteiger partial charge in [-0.1, -0.05) is 49.3 Å². The predicted octanol–water partition coefficient (Wildman–Crippen LogP) is 2.75. The van der Waals surface area contributed by atoms with Crippen LogP contribution in [0.25, 0.3) is 11.4 Å². The molecule has 0 spiro atoms. The molecule has 2 N–H and O–H groups in total. The van der Waals surface area contributed by atoms with Crippen LogP contribution in [0.15, 0.2) is 45.3 Å². The van der Waals surface area contributed by atoms with Crippen LogP contribution >= 0.6 is 11.3 Å². The molecule has 2 heterocycles. The SMILES string of the molecule is CC1(C)[C@H](c2nc(-c3ccccc3)no2)[C@H]1c1ncc(S(N)(=O)=O)s1. The highest BCUT2D eigenvalue weighted by atomic mass is 32.2. The molecule has 2 atom stereocenters. The lowest BCUT2D eigenvalue weighted by Crippen LogP contribution is -2.09. The summed E-state index contributed by atoms with van der Waals surface area (Å²) in [5.41, 5.74) is 0.742. The van der Waals surface area contributed by atoms with Crippen LogP contribution in [0.5, 0.6) is 0 Å². The van der Waals surface area contributed by atoms with Gasteiger partial charge in [0.2, 0.25) is 21.7 Å². The Hall–Kier alpha value is -2.10. The van der Waals surface area contributed by atoms with Gasteiger partial charge in [-0.25, -0.2) is 18.5 Å². The van der Waals surface area contributed by atoms with Crippen molar-refractivity contribution in [3.8, 4) is 11.4 Å². The van der Waals surface area contributed by atoms with E-state index in [0.717, 1.165) is 21.9 Å². The van der Waals surface area contributed by atoms with Crippen molar-refractivity contribution < 1.29 is 12.9 Å². The van der Waals surface area contributed by atoms with E-state index in [0.29, 0.717) is 11.7 Å². The Morgan fingerprint density at radius 1 is 1.20 bits per heavy atom. The third kappa shape index (κ3) is 2.78. The molecule has 9 heteroatoms. The van der Waals surface area contributed by atoms with Gasteiger partial charge in [-0.3, -0.25) is 0 Å². The van der Waals surface area contributed by atoms with Gasteiger partial charge in [0.25, 0.3) is 0 Å². The van der Waals surface area contributed by atoms with Crippen molar-refractivity contribution in [1.82, 2.24) is 15.1 Å². The van der Waals surface area contributed by atoms with Gasteiger partial charge in [0.1, 0.15) is 0 Å². The van der Waals surface area contributed by atoms with E-state index in [-0.39, 0.29) is 21.5 Å². The van der Waals surface area contributed by atoms with Gasteiger partial charge < -0.3 is 4.52 Å². The highest BCUT2D eigenvalue weighted by Crippen LogP contribution is 2.70. The smallest absolute Gasteiger partial charge is 0.249 e. The van der Waals surface area contributed by atoms with Crippen molar-refractivity contribution >= 4 is 21.4 Å². The molecule has 0 amide bonds. The first-order valence-electron chi connectivity index (χ1n) is 7.66. The Morgan fingerprint density at radius 2 is 1.92 bits per heavy atom. The summed E-state index contributed by atoms with van der Waals surface area (Å²) in [6.07, 6.45) is 1.31. The Balaban J connectivity index is 1.64. The average Bonchev–Trinajstić information content (AvgIpc) is 3.02. The molecule has 0 radical (unpaired) electrons. The highest BCUT2D eigenvalue weighted by Gasteiger charge is 2.63. The molecule has 0 bridgehead atoms. The molecular weight excluding hydrogens is 360 g/mol. The van der Waals surface area contributed by atoms with Crippen LogP contribution in [0.3, 0.4) is 0 Å². The molecule has 1 saturated carbocycles. The normalized spacial score (nSPS) is 22.0. The molecule has 0 aliphatic heterocycles. The predicted molar refractivity (Wildman–Crippen MR) is 92.5 cm³/mol. The zero-order chi connectivity index (χ0) is 17.8. The lowest BCUT2D eigenvalue weighted by atomic mass is 10.1. The van der Waals surface area contributed by atoms with E-state index in [4.69, 9.17) is 9.66 Å². The minimum atomic E-state index is -3.73. The van der Waals surface area contributed by atoms with Crippen molar-refractivity contribution in [3.63, 3.8) is 0 Å². The van der Waals surface area contributed by atoms with E-state index in [1.165, 1.54) is 6.20 Å². The molecule has 7 nitrogen and oxygen atoms in total. The van der Waals surface area contributed by atoms with E-state index in [1.807, 2.05) is 30.3 Å². The molecule has 25 heavy (non-hydrogen) atoms. The topological polar surface area (TPSA) is 112 Å². The molecule has 0 saturated heterocycles. The number of hydrogen-bond donors (Lipinski definition) is 1. The second-order valence-electron chi connectivity index (χ2n) is 6.66. The van der Waals surface area contributed by atoms with Crippen LogP contribution in [-0.2, 0) is 10.0 Å². The van der Waals surface area contributed by atoms with E-state index in [9.17, 15) is 8.42 Å². The molecule has 1 aliphatic carbocycles. The number of nitrogens with two attached hydrogens (primary N) is 1. The second kappa shape index (κ2) is 5.45. The van der Waals surface area contributed by atoms with Gasteiger partial charge in [0.15, 0.2) is 4.21 Å². The fourth-order valence-electron chi connectivity index (χ4n) is 3.17. The largest absolute Gasteiger partial charge is 0.339 e. The standard InChI is InChI=1S/C16H16N4O3S2/c1-16(2)11(12(16)15-18-8-10(24-15)25(17,21)22)14-19-13(20-23-14)9-6-4-3-5-7-9/h3-8,11-12H,1-2H3,(H2,17,21,22)/t11-,12-/m0/s1. The summed E-state index contributed by atoms with van der Waals surface area (Å²) in [4.78, 5) is 8.78. The summed E-state index contributed by atoms with van der Waals surface area (Å²) in [6.45, 7) is 4.15. The van der Waals surface area contributed by atoms with Crippen molar-refractivity contribution in [3.05, 3.63) is 47.4 Å². The summed E-state index contributed by atoms with van der Waals surface area (Å²) in [7, 11) is -3.73. The van der Waals surface area contributed by atoms with E-state index in [1.54, 1.807) is 0 Å². The van der Waals surface area contributed by atoms with Crippen molar-refractivity contribution in [2.75, 3.05) is 0 Å². The van der Waals surface area contributed by atoms with Crippen molar-refractivity contribution in [2.45, 2.75) is 29.9 Å². The Bertz CT molecular complexity index is 1020. The maximum Gasteiger partial charge on any atom is 0.249 e. The van der Waals surface area contributed by atoms with Gasteiger partial charge in [0.05, 0.1) is 17.1 Å². The number of benzene rings is 1. The molecule has 130 valence electrons. The number of thiazole rings is 1. The summed E-state index contributed by atoms with van der Waals surface area (Å²) in [5.74, 6) is 1.11. The highest BCUT2D eigenvalue weighted by molar-refractivity contribution is 7.91. The van der Waals surface area contributed by atoms with Crippen LogP contribution in [-0.4, -0.2) is 23.5 Å². The van der Waals surface area contributed by atoms with Gasteiger partial charge >= 0.3 is 0 Å². The summed E-state index contributed by atoms with van der Waals surface area (Å²) >= 11 is 1.10. The molecule has 1 fully saturated rings. The Kier molecular flexibility index (Phi) is 3.57. The monoisotopic (exact) mass is 376 g/mol. The molecule has 2 aromatic heterocycles. The first kappa shape index (κ1) is 16.4. The maximum absolute atomic E-state index is 11.5. The van der Waals surface area contributed by atoms with Crippen LogP contribution in [0.1, 0.15) is 36.6 Å². The third-order valence-corrected chi connectivity index (χ3v) is 7.10. The van der Waals surface area contributed by atoms with Crippen LogP contribution in [0.4, 0.5) is 0 Å². The van der Waals surface area contributed by atoms with Crippen LogP contribution in [0, 0.1) is 5.41 Å². The number of hydrogen-bond acceptors (Lipinski definition) is 7. The number of primary sulfonamides is 1. The fraction of sp³-hybridized carbons (Fsp3) is 0.312. The van der Waals surface area contributed by atoms with Gasteiger partial charge in [-0.2, -0.15) is 4.98 Å². The van der Waals surface area contributed by atoms with E-state index in [2.05, 4.69) is 29.0 Å². The number of aromatic nitrogens is 3. The summed E-state index contributed by atoms with van der Waals surface area (Å²) in [6, 6.07) is 9.60. The van der Waals surface area contributed by atoms with Gasteiger partial charge in [0, 0.05) is 11.5 Å². The summed E-state index contributed by atoms with van der Waals surface area (Å²) in [5, 5.41) is 9.96. The fourth-order valence-corrected chi connectivity index (χ4v) is 5.08. The van der Waals surface area contributed by atoms with Gasteiger partial charge in [-0.15, -0.1) is 11.3 Å². The molecule has 1 aromatic carbocycles. The first-order valence-corrected chi connectivity index (χ1v) is 10.0. The molecule has 4 rings (SSSR count). The van der Waals surface area contributed by atoms with Crippen molar-refractivity contribution in [2.24, 2.45) is 10.6 Å². The molecule has 3 aromatic rings.